The van der Waals surface area contributed by atoms with Gasteiger partial charge in [0.1, 0.15) is 9.84 Å². The number of nitrogens with one attached hydrogen (secondary N) is 1. The van der Waals surface area contributed by atoms with Gasteiger partial charge >= 0.3 is 0 Å². The van der Waals surface area contributed by atoms with Crippen LogP contribution in [0.5, 0.6) is 0 Å². The summed E-state index contributed by atoms with van der Waals surface area (Å²) in [6, 6.07) is 5.79. The normalized spacial score (nSPS) is 11.6. The van der Waals surface area contributed by atoms with Crippen LogP contribution in [0.3, 0.4) is 0 Å². The van der Waals surface area contributed by atoms with Gasteiger partial charge in [-0.1, -0.05) is 6.07 Å². The maximum atomic E-state index is 10.8. The second-order valence-electron chi connectivity index (χ2n) is 3.40. The largest absolute Gasteiger partial charge is 0.315 e. The summed E-state index contributed by atoms with van der Waals surface area (Å²) in [6.45, 7) is 1.30. The Morgan fingerprint density at radius 2 is 2.19 bits per heavy atom. The van der Waals surface area contributed by atoms with Crippen LogP contribution < -0.4 is 5.32 Å². The zero-order chi connectivity index (χ0) is 11.9. The molecule has 0 radical (unpaired) electrons. The monoisotopic (exact) mass is 260 g/mol. The van der Waals surface area contributed by atoms with Gasteiger partial charge in [0.2, 0.25) is 0 Å². The first-order valence-electron chi connectivity index (χ1n) is 5.00. The van der Waals surface area contributed by atoms with Crippen molar-refractivity contribution in [3.05, 3.63) is 24.4 Å². The highest BCUT2D eigenvalue weighted by molar-refractivity contribution is 7.99. The summed E-state index contributed by atoms with van der Waals surface area (Å²) in [5.74, 6) is 1.09. The van der Waals surface area contributed by atoms with Gasteiger partial charge in [-0.05, 0) is 12.1 Å². The lowest BCUT2D eigenvalue weighted by Gasteiger charge is -2.03. The third kappa shape index (κ3) is 6.81. The molecule has 1 heterocycles. The summed E-state index contributed by atoms with van der Waals surface area (Å²) >= 11 is 1.66. The van der Waals surface area contributed by atoms with Crippen LogP contribution >= 0.6 is 11.8 Å². The summed E-state index contributed by atoms with van der Waals surface area (Å²) in [5, 5.41) is 4.08. The van der Waals surface area contributed by atoms with Gasteiger partial charge in [-0.2, -0.15) is 0 Å². The molecule has 4 nitrogen and oxygen atoms in total. The molecule has 0 amide bonds. The van der Waals surface area contributed by atoms with Crippen molar-refractivity contribution in [1.29, 1.82) is 0 Å². The van der Waals surface area contributed by atoms with Crippen molar-refractivity contribution in [3.63, 3.8) is 0 Å². The van der Waals surface area contributed by atoms with Gasteiger partial charge in [-0.3, -0.25) is 0 Å². The molecule has 0 atom stereocenters. The minimum Gasteiger partial charge on any atom is -0.315 e. The van der Waals surface area contributed by atoms with Crippen LogP contribution in [0.25, 0.3) is 0 Å². The Hall–Kier alpha value is -0.590. The summed E-state index contributed by atoms with van der Waals surface area (Å²) in [5.41, 5.74) is 0. The third-order valence-corrected chi connectivity index (χ3v) is 3.71. The molecule has 0 aliphatic rings. The van der Waals surface area contributed by atoms with Crippen molar-refractivity contribution in [2.24, 2.45) is 0 Å². The first-order valence-corrected chi connectivity index (χ1v) is 8.05. The molecule has 0 spiro atoms. The molecule has 1 aromatic heterocycles. The molecule has 0 bridgehead atoms. The molecule has 1 aromatic rings. The highest BCUT2D eigenvalue weighted by Gasteiger charge is 2.00. The summed E-state index contributed by atoms with van der Waals surface area (Å²) in [6.07, 6.45) is 3.01. The average molecular weight is 260 g/mol. The van der Waals surface area contributed by atoms with Gasteiger partial charge in [-0.25, -0.2) is 13.4 Å². The van der Waals surface area contributed by atoms with Crippen LogP contribution in [-0.4, -0.2) is 44.3 Å². The fourth-order valence-corrected chi connectivity index (χ4v) is 2.32. The highest BCUT2D eigenvalue weighted by Crippen LogP contribution is 2.12. The summed E-state index contributed by atoms with van der Waals surface area (Å²) in [4.78, 5) is 4.18. The summed E-state index contributed by atoms with van der Waals surface area (Å²) < 4.78 is 21.7. The molecule has 16 heavy (non-hydrogen) atoms. The average Bonchev–Trinajstić information content (AvgIpc) is 2.23. The maximum Gasteiger partial charge on any atom is 0.148 e. The van der Waals surface area contributed by atoms with Crippen molar-refractivity contribution < 1.29 is 8.42 Å². The molecule has 0 aromatic carbocycles. The molecule has 0 aliphatic heterocycles. The smallest absolute Gasteiger partial charge is 0.148 e. The molecule has 1 rings (SSSR count). The number of aromatic nitrogens is 1. The number of nitrogens with zero attached hydrogens (tertiary/aromatic N) is 1. The molecule has 0 saturated carbocycles. The van der Waals surface area contributed by atoms with Crippen molar-refractivity contribution in [2.45, 2.75) is 5.03 Å². The maximum absolute atomic E-state index is 10.8. The predicted molar refractivity (Wildman–Crippen MR) is 67.5 cm³/mol. The second kappa shape index (κ2) is 6.88. The van der Waals surface area contributed by atoms with Crippen molar-refractivity contribution >= 4 is 21.6 Å². The Bertz CT molecular complexity index is 393. The fourth-order valence-electron chi connectivity index (χ4n) is 1.04. The number of rotatable bonds is 7. The highest BCUT2D eigenvalue weighted by atomic mass is 32.2. The number of hydrogen-bond acceptors (Lipinski definition) is 5. The molecular weight excluding hydrogens is 244 g/mol. The molecule has 6 heteroatoms. The molecule has 0 aliphatic carbocycles. The lowest BCUT2D eigenvalue weighted by molar-refractivity contribution is 0.598. The van der Waals surface area contributed by atoms with Crippen LogP contribution in [0.2, 0.25) is 0 Å². The van der Waals surface area contributed by atoms with Crippen LogP contribution in [-0.2, 0) is 9.84 Å². The topological polar surface area (TPSA) is 59.1 Å². The van der Waals surface area contributed by atoms with E-state index in [1.165, 1.54) is 6.26 Å². The fraction of sp³-hybridized carbons (Fsp3) is 0.500. The lowest BCUT2D eigenvalue weighted by atomic mass is 10.5. The van der Waals surface area contributed by atoms with Gasteiger partial charge in [0, 0.05) is 31.3 Å². The molecule has 0 unspecified atom stereocenters. The van der Waals surface area contributed by atoms with E-state index in [0.717, 1.165) is 17.3 Å². The Balaban J connectivity index is 2.05. The van der Waals surface area contributed by atoms with Crippen molar-refractivity contribution in [1.82, 2.24) is 10.3 Å². The van der Waals surface area contributed by atoms with Gasteiger partial charge in [0.05, 0.1) is 10.8 Å². The van der Waals surface area contributed by atoms with E-state index in [-0.39, 0.29) is 5.75 Å². The van der Waals surface area contributed by atoms with Crippen LogP contribution in [0, 0.1) is 0 Å². The predicted octanol–water partition coefficient (Wildman–Crippen LogP) is 0.808. The second-order valence-corrected chi connectivity index (χ2v) is 6.77. The summed E-state index contributed by atoms with van der Waals surface area (Å²) in [7, 11) is -2.85. The molecule has 90 valence electrons. The number of sulfone groups is 1. The van der Waals surface area contributed by atoms with Crippen LogP contribution in [0.15, 0.2) is 29.4 Å². The van der Waals surface area contributed by atoms with Gasteiger partial charge in [-0.15, -0.1) is 11.8 Å². The standard InChI is InChI=1S/C10H16N2O2S2/c1-16(13,14)9-7-11-6-8-15-10-4-2-3-5-12-10/h2-5,11H,6-9H2,1H3. The van der Waals surface area contributed by atoms with E-state index in [0.29, 0.717) is 6.54 Å². The number of thioether (sulfide) groups is 1. The van der Waals surface area contributed by atoms with Gasteiger partial charge in [0.15, 0.2) is 0 Å². The number of hydrogen-bond donors (Lipinski definition) is 1. The zero-order valence-corrected chi connectivity index (χ0v) is 10.9. The Kier molecular flexibility index (Phi) is 5.79. The number of pyridine rings is 1. The van der Waals surface area contributed by atoms with E-state index in [2.05, 4.69) is 10.3 Å². The quantitative estimate of drug-likeness (QED) is 0.581. The first kappa shape index (κ1) is 13.5. The third-order valence-electron chi connectivity index (χ3n) is 1.82. The minimum atomic E-state index is -2.85. The van der Waals surface area contributed by atoms with Crippen LogP contribution in [0.1, 0.15) is 0 Å². The van der Waals surface area contributed by atoms with Crippen molar-refractivity contribution in [2.75, 3.05) is 30.9 Å². The van der Waals surface area contributed by atoms with E-state index in [4.69, 9.17) is 0 Å². The Labute approximate surface area is 101 Å². The first-order chi connectivity index (χ1) is 7.58. The van der Waals surface area contributed by atoms with Crippen molar-refractivity contribution in [3.8, 4) is 0 Å². The van der Waals surface area contributed by atoms with E-state index < -0.39 is 9.84 Å². The van der Waals surface area contributed by atoms with Gasteiger partial charge in [0.25, 0.3) is 0 Å². The molecule has 1 N–H and O–H groups in total. The lowest BCUT2D eigenvalue weighted by Crippen LogP contribution is -2.24. The molecule has 0 fully saturated rings. The Morgan fingerprint density at radius 3 is 2.81 bits per heavy atom. The van der Waals surface area contributed by atoms with E-state index >= 15 is 0 Å². The van der Waals surface area contributed by atoms with E-state index in [1.807, 2.05) is 18.2 Å². The van der Waals surface area contributed by atoms with E-state index in [1.54, 1.807) is 18.0 Å². The minimum absolute atomic E-state index is 0.196. The molecular formula is C10H16N2O2S2. The van der Waals surface area contributed by atoms with Gasteiger partial charge < -0.3 is 5.32 Å². The Morgan fingerprint density at radius 1 is 1.38 bits per heavy atom. The van der Waals surface area contributed by atoms with E-state index in [9.17, 15) is 8.42 Å². The van der Waals surface area contributed by atoms with Crippen LogP contribution in [0.4, 0.5) is 0 Å². The SMILES string of the molecule is CS(=O)(=O)CCNCCSc1ccccn1. The molecule has 0 saturated heterocycles. The zero-order valence-electron chi connectivity index (χ0n) is 9.22.